The highest BCUT2D eigenvalue weighted by Gasteiger charge is 2.27. The summed E-state index contributed by atoms with van der Waals surface area (Å²) >= 11 is 0. The van der Waals surface area contributed by atoms with Crippen LogP contribution in [0.2, 0.25) is 0 Å². The van der Waals surface area contributed by atoms with E-state index in [-0.39, 0.29) is 16.7 Å². The molecule has 2 N–H and O–H groups in total. The number of anilines is 2. The summed E-state index contributed by atoms with van der Waals surface area (Å²) in [4.78, 5) is 16.2. The molecular weight excluding hydrogens is 376 g/mol. The average Bonchev–Trinajstić information content (AvgIpc) is 3.23. The van der Waals surface area contributed by atoms with E-state index in [4.69, 9.17) is 0 Å². The van der Waals surface area contributed by atoms with E-state index in [0.717, 1.165) is 24.1 Å². The Balaban J connectivity index is 1.57. The van der Waals surface area contributed by atoms with Crippen LogP contribution >= 0.6 is 0 Å². The summed E-state index contributed by atoms with van der Waals surface area (Å²) < 4.78 is 26.5. The molecule has 8 heteroatoms. The normalized spacial score (nSPS) is 15.0. The van der Waals surface area contributed by atoms with Gasteiger partial charge in [-0.2, -0.15) is 4.31 Å². The molecule has 0 saturated carbocycles. The van der Waals surface area contributed by atoms with E-state index in [0.29, 0.717) is 25.5 Å². The molecule has 2 aromatic rings. The van der Waals surface area contributed by atoms with Crippen LogP contribution in [0, 0.1) is 5.92 Å². The average molecular weight is 403 g/mol. The summed E-state index contributed by atoms with van der Waals surface area (Å²) in [5.41, 5.74) is 1.79. The molecule has 0 radical (unpaired) electrons. The lowest BCUT2D eigenvalue weighted by molar-refractivity contribution is -0.118. The lowest BCUT2D eigenvalue weighted by Crippen LogP contribution is -2.27. The molecule has 1 aromatic heterocycles. The number of aromatic nitrogens is 1. The molecule has 1 saturated heterocycles. The number of rotatable bonds is 7. The van der Waals surface area contributed by atoms with E-state index in [1.807, 2.05) is 38.1 Å². The van der Waals surface area contributed by atoms with E-state index in [1.54, 1.807) is 12.1 Å². The topological polar surface area (TPSA) is 91.4 Å². The molecule has 150 valence electrons. The van der Waals surface area contributed by atoms with Gasteiger partial charge in [0, 0.05) is 37.4 Å². The Morgan fingerprint density at radius 3 is 2.36 bits per heavy atom. The van der Waals surface area contributed by atoms with E-state index in [9.17, 15) is 13.2 Å². The van der Waals surface area contributed by atoms with Crippen molar-refractivity contribution < 1.29 is 13.2 Å². The molecule has 1 aliphatic rings. The second-order valence-corrected chi connectivity index (χ2v) is 9.12. The monoisotopic (exact) mass is 402 g/mol. The number of benzene rings is 1. The van der Waals surface area contributed by atoms with Gasteiger partial charge in [0.25, 0.3) is 0 Å². The van der Waals surface area contributed by atoms with Crippen molar-refractivity contribution in [1.82, 2.24) is 9.29 Å². The highest BCUT2D eigenvalue weighted by atomic mass is 32.2. The number of hydrogen-bond donors (Lipinski definition) is 2. The van der Waals surface area contributed by atoms with Gasteiger partial charge in [-0.3, -0.25) is 4.79 Å². The number of nitrogens with one attached hydrogen (secondary N) is 2. The predicted octanol–water partition coefficient (Wildman–Crippen LogP) is 3.07. The fourth-order valence-electron chi connectivity index (χ4n) is 2.90. The molecule has 1 fully saturated rings. The zero-order valence-electron chi connectivity index (χ0n) is 16.2. The van der Waals surface area contributed by atoms with Crippen molar-refractivity contribution in [3.63, 3.8) is 0 Å². The number of carbonyl (C=O) groups is 1. The summed E-state index contributed by atoms with van der Waals surface area (Å²) in [6, 6.07) is 10.8. The van der Waals surface area contributed by atoms with Crippen molar-refractivity contribution in [3.8, 4) is 0 Å². The zero-order chi connectivity index (χ0) is 20.1. The number of nitrogens with zero attached hydrogens (tertiary/aromatic N) is 2. The molecule has 1 aliphatic heterocycles. The van der Waals surface area contributed by atoms with Crippen molar-refractivity contribution in [1.29, 1.82) is 0 Å². The minimum atomic E-state index is -3.43. The van der Waals surface area contributed by atoms with Gasteiger partial charge in [-0.15, -0.1) is 0 Å². The maximum absolute atomic E-state index is 12.5. The molecular formula is C20H26N4O3S. The van der Waals surface area contributed by atoms with Crippen LogP contribution in [0.25, 0.3) is 0 Å². The summed E-state index contributed by atoms with van der Waals surface area (Å²) in [5, 5.41) is 6.03. The molecule has 28 heavy (non-hydrogen) atoms. The second kappa shape index (κ2) is 8.70. The highest BCUT2D eigenvalue weighted by molar-refractivity contribution is 7.89. The number of sulfonamides is 1. The van der Waals surface area contributed by atoms with Gasteiger partial charge in [-0.05, 0) is 42.7 Å². The Bertz CT molecular complexity index is 903. The molecule has 1 amide bonds. The van der Waals surface area contributed by atoms with E-state index in [1.165, 1.54) is 10.5 Å². The van der Waals surface area contributed by atoms with Crippen LogP contribution < -0.4 is 10.6 Å². The summed E-state index contributed by atoms with van der Waals surface area (Å²) in [6.07, 6.45) is 3.22. The van der Waals surface area contributed by atoms with Gasteiger partial charge in [0.1, 0.15) is 10.7 Å². The Morgan fingerprint density at radius 1 is 1.11 bits per heavy atom. The minimum Gasteiger partial charge on any atom is -0.366 e. The van der Waals surface area contributed by atoms with E-state index in [2.05, 4.69) is 15.6 Å². The first-order chi connectivity index (χ1) is 13.4. The fourth-order valence-corrected chi connectivity index (χ4v) is 4.36. The lowest BCUT2D eigenvalue weighted by atomic mass is 10.1. The van der Waals surface area contributed by atoms with Gasteiger partial charge in [0.2, 0.25) is 15.9 Å². The lowest BCUT2D eigenvalue weighted by Gasteiger charge is -2.15. The largest absolute Gasteiger partial charge is 0.366 e. The van der Waals surface area contributed by atoms with Gasteiger partial charge in [-0.25, -0.2) is 13.4 Å². The van der Waals surface area contributed by atoms with Crippen molar-refractivity contribution in [2.24, 2.45) is 5.92 Å². The molecule has 3 rings (SSSR count). The summed E-state index contributed by atoms with van der Waals surface area (Å²) in [6.45, 7) is 5.40. The van der Waals surface area contributed by atoms with Crippen LogP contribution in [0.15, 0.2) is 47.5 Å². The SMILES string of the molecule is CC(C)C(=O)Nc1ccc(CNc2ccc(S(=O)(=O)N3CCCC3)cn2)cc1. The van der Waals surface area contributed by atoms with Crippen LogP contribution in [0.4, 0.5) is 11.5 Å². The Kier molecular flexibility index (Phi) is 6.31. The number of pyridine rings is 1. The van der Waals surface area contributed by atoms with Crippen molar-refractivity contribution in [2.45, 2.75) is 38.1 Å². The van der Waals surface area contributed by atoms with Crippen molar-refractivity contribution in [3.05, 3.63) is 48.2 Å². The van der Waals surface area contributed by atoms with Gasteiger partial charge < -0.3 is 10.6 Å². The van der Waals surface area contributed by atoms with Gasteiger partial charge >= 0.3 is 0 Å². The number of amides is 1. The minimum absolute atomic E-state index is 0.0148. The van der Waals surface area contributed by atoms with Crippen LogP contribution in [-0.2, 0) is 21.4 Å². The molecule has 2 heterocycles. The van der Waals surface area contributed by atoms with Crippen LogP contribution in [0.5, 0.6) is 0 Å². The molecule has 0 unspecified atom stereocenters. The first-order valence-corrected chi connectivity index (χ1v) is 10.9. The third-order valence-electron chi connectivity index (χ3n) is 4.66. The van der Waals surface area contributed by atoms with Gasteiger partial charge in [0.15, 0.2) is 0 Å². The first-order valence-electron chi connectivity index (χ1n) is 9.46. The third kappa shape index (κ3) is 4.88. The molecule has 7 nitrogen and oxygen atoms in total. The predicted molar refractivity (Wildman–Crippen MR) is 109 cm³/mol. The maximum Gasteiger partial charge on any atom is 0.244 e. The van der Waals surface area contributed by atoms with Crippen LogP contribution in [0.1, 0.15) is 32.3 Å². The van der Waals surface area contributed by atoms with Crippen LogP contribution in [0.3, 0.4) is 0 Å². The Hall–Kier alpha value is -2.45. The van der Waals surface area contributed by atoms with Crippen molar-refractivity contribution in [2.75, 3.05) is 23.7 Å². The molecule has 0 bridgehead atoms. The number of hydrogen-bond acceptors (Lipinski definition) is 5. The van der Waals surface area contributed by atoms with E-state index < -0.39 is 10.0 Å². The van der Waals surface area contributed by atoms with E-state index >= 15 is 0 Å². The van der Waals surface area contributed by atoms with Crippen LogP contribution in [-0.4, -0.2) is 36.7 Å². The first kappa shape index (κ1) is 20.3. The number of carbonyl (C=O) groups excluding carboxylic acids is 1. The summed E-state index contributed by atoms with van der Waals surface area (Å²) in [5.74, 6) is 0.529. The second-order valence-electron chi connectivity index (χ2n) is 7.18. The molecule has 0 aliphatic carbocycles. The zero-order valence-corrected chi connectivity index (χ0v) is 17.0. The highest BCUT2D eigenvalue weighted by Crippen LogP contribution is 2.21. The van der Waals surface area contributed by atoms with Gasteiger partial charge in [0.05, 0.1) is 0 Å². The quantitative estimate of drug-likeness (QED) is 0.743. The van der Waals surface area contributed by atoms with Gasteiger partial charge in [-0.1, -0.05) is 26.0 Å². The Labute approximate surface area is 166 Å². The summed E-state index contributed by atoms with van der Waals surface area (Å²) in [7, 11) is -3.43. The maximum atomic E-state index is 12.5. The standard InChI is InChI=1S/C20H26N4O3S/c1-15(2)20(25)23-17-7-5-16(6-8-17)13-21-19-10-9-18(14-22-19)28(26,27)24-11-3-4-12-24/h5-10,14-15H,3-4,11-13H2,1-2H3,(H,21,22)(H,23,25). The molecule has 0 atom stereocenters. The Morgan fingerprint density at radius 2 is 1.79 bits per heavy atom. The fraction of sp³-hybridized carbons (Fsp3) is 0.400. The third-order valence-corrected chi connectivity index (χ3v) is 6.54. The van der Waals surface area contributed by atoms with Crippen molar-refractivity contribution >= 4 is 27.4 Å². The smallest absolute Gasteiger partial charge is 0.244 e. The molecule has 1 aromatic carbocycles. The molecule has 0 spiro atoms.